The minimum Gasteiger partial charge on any atom is -0.494 e. The summed E-state index contributed by atoms with van der Waals surface area (Å²) < 4.78 is 5.53. The van der Waals surface area contributed by atoms with Gasteiger partial charge >= 0.3 is 0 Å². The smallest absolute Gasteiger partial charge is 0.223 e. The fraction of sp³-hybridized carbons (Fsp3) is 0.250. The quantitative estimate of drug-likeness (QED) is 0.529. The van der Waals surface area contributed by atoms with Gasteiger partial charge in [0.15, 0.2) is 0 Å². The molecule has 0 saturated carbocycles. The Labute approximate surface area is 181 Å². The van der Waals surface area contributed by atoms with Crippen molar-refractivity contribution in [3.8, 4) is 5.75 Å². The molecular weight excluding hydrogens is 396 g/mol. The first-order valence-corrected chi connectivity index (χ1v) is 10.8. The van der Waals surface area contributed by atoms with E-state index in [4.69, 9.17) is 4.74 Å². The number of amides is 2. The Kier molecular flexibility index (Phi) is 7.63. The van der Waals surface area contributed by atoms with E-state index in [-0.39, 0.29) is 30.3 Å². The SMILES string of the molecule is CCOc1ccc(C(NC(=O)CC(NC(C)=O)c2cccs2)c2ccccc2)cc1. The van der Waals surface area contributed by atoms with Crippen molar-refractivity contribution in [1.82, 2.24) is 10.6 Å². The molecule has 3 aromatic rings. The standard InChI is InChI=1S/C24H26N2O3S/c1-3-29-20-13-11-19(12-14-20)24(18-8-5-4-6-9-18)26-23(28)16-21(25-17(2)27)22-10-7-15-30-22/h4-15,21,24H,3,16H2,1-2H3,(H,25,27)(H,26,28). The van der Waals surface area contributed by atoms with Gasteiger partial charge in [0.25, 0.3) is 0 Å². The highest BCUT2D eigenvalue weighted by molar-refractivity contribution is 7.10. The van der Waals surface area contributed by atoms with Crippen LogP contribution in [0.15, 0.2) is 72.1 Å². The molecule has 2 amide bonds. The van der Waals surface area contributed by atoms with Crippen LogP contribution in [0, 0.1) is 0 Å². The van der Waals surface area contributed by atoms with E-state index in [9.17, 15) is 9.59 Å². The van der Waals surface area contributed by atoms with Crippen LogP contribution < -0.4 is 15.4 Å². The van der Waals surface area contributed by atoms with Crippen molar-refractivity contribution in [2.45, 2.75) is 32.4 Å². The predicted molar refractivity (Wildman–Crippen MR) is 120 cm³/mol. The van der Waals surface area contributed by atoms with Crippen LogP contribution in [0.2, 0.25) is 0 Å². The van der Waals surface area contributed by atoms with E-state index in [0.717, 1.165) is 21.8 Å². The van der Waals surface area contributed by atoms with Gasteiger partial charge in [-0.05, 0) is 41.6 Å². The third-order valence-corrected chi connectivity index (χ3v) is 5.60. The topological polar surface area (TPSA) is 67.4 Å². The molecule has 2 unspecified atom stereocenters. The Balaban J connectivity index is 1.80. The molecule has 0 fully saturated rings. The van der Waals surface area contributed by atoms with Crippen LogP contribution in [0.1, 0.15) is 48.4 Å². The number of thiophene rings is 1. The summed E-state index contributed by atoms with van der Waals surface area (Å²) in [5, 5.41) is 7.96. The Morgan fingerprint density at radius 1 is 0.933 bits per heavy atom. The maximum absolute atomic E-state index is 13.0. The number of ether oxygens (including phenoxy) is 1. The molecule has 0 bridgehead atoms. The van der Waals surface area contributed by atoms with Gasteiger partial charge in [-0.2, -0.15) is 0 Å². The Morgan fingerprint density at radius 2 is 1.63 bits per heavy atom. The first-order chi connectivity index (χ1) is 14.6. The second-order valence-corrected chi connectivity index (χ2v) is 7.87. The third kappa shape index (κ3) is 5.94. The Bertz CT molecular complexity index is 940. The third-order valence-electron chi connectivity index (χ3n) is 4.62. The largest absolute Gasteiger partial charge is 0.494 e. The van der Waals surface area contributed by atoms with Gasteiger partial charge in [0, 0.05) is 11.8 Å². The molecule has 0 spiro atoms. The summed E-state index contributed by atoms with van der Waals surface area (Å²) >= 11 is 1.52. The summed E-state index contributed by atoms with van der Waals surface area (Å²) in [6.45, 7) is 4.01. The maximum atomic E-state index is 13.0. The summed E-state index contributed by atoms with van der Waals surface area (Å²) in [6.07, 6.45) is 0.167. The second kappa shape index (κ2) is 10.6. The van der Waals surface area contributed by atoms with Gasteiger partial charge in [0.2, 0.25) is 11.8 Å². The molecular formula is C24H26N2O3S. The monoisotopic (exact) mass is 422 g/mol. The molecule has 6 heteroatoms. The van der Waals surface area contributed by atoms with E-state index in [2.05, 4.69) is 10.6 Å². The van der Waals surface area contributed by atoms with Gasteiger partial charge in [0.05, 0.1) is 25.1 Å². The van der Waals surface area contributed by atoms with Gasteiger partial charge in [-0.25, -0.2) is 0 Å². The average molecular weight is 423 g/mol. The van der Waals surface area contributed by atoms with Crippen molar-refractivity contribution in [2.75, 3.05) is 6.61 Å². The van der Waals surface area contributed by atoms with E-state index in [1.54, 1.807) is 0 Å². The van der Waals surface area contributed by atoms with Crippen molar-refractivity contribution in [3.63, 3.8) is 0 Å². The van der Waals surface area contributed by atoms with E-state index < -0.39 is 0 Å². The molecule has 1 heterocycles. The zero-order valence-electron chi connectivity index (χ0n) is 17.1. The van der Waals surface area contributed by atoms with E-state index in [1.807, 2.05) is 79.0 Å². The van der Waals surface area contributed by atoms with Gasteiger partial charge in [-0.15, -0.1) is 11.3 Å². The van der Waals surface area contributed by atoms with Crippen molar-refractivity contribution in [2.24, 2.45) is 0 Å². The normalized spacial score (nSPS) is 12.6. The average Bonchev–Trinajstić information content (AvgIpc) is 3.28. The van der Waals surface area contributed by atoms with Crippen LogP contribution >= 0.6 is 11.3 Å². The molecule has 3 rings (SSSR count). The highest BCUT2D eigenvalue weighted by Crippen LogP contribution is 2.26. The number of rotatable bonds is 9. The molecule has 5 nitrogen and oxygen atoms in total. The number of carbonyl (C=O) groups excluding carboxylic acids is 2. The van der Waals surface area contributed by atoms with Gasteiger partial charge in [-0.3, -0.25) is 9.59 Å². The lowest BCUT2D eigenvalue weighted by Gasteiger charge is -2.22. The Morgan fingerprint density at radius 3 is 2.23 bits per heavy atom. The predicted octanol–water partition coefficient (Wildman–Crippen LogP) is 4.62. The van der Waals surface area contributed by atoms with E-state index in [0.29, 0.717) is 6.61 Å². The lowest BCUT2D eigenvalue weighted by atomic mass is 9.98. The minimum atomic E-state index is -0.348. The fourth-order valence-corrected chi connectivity index (χ4v) is 4.07. The zero-order chi connectivity index (χ0) is 21.3. The number of carbonyl (C=O) groups is 2. The molecule has 0 saturated heterocycles. The van der Waals surface area contributed by atoms with Crippen LogP contribution in [0.3, 0.4) is 0 Å². The first-order valence-electron chi connectivity index (χ1n) is 9.94. The highest BCUT2D eigenvalue weighted by atomic mass is 32.1. The second-order valence-electron chi connectivity index (χ2n) is 6.89. The molecule has 2 atom stereocenters. The summed E-state index contributed by atoms with van der Waals surface area (Å²) in [5.41, 5.74) is 1.95. The van der Waals surface area contributed by atoms with Crippen molar-refractivity contribution in [3.05, 3.63) is 88.1 Å². The number of hydrogen-bond acceptors (Lipinski definition) is 4. The summed E-state index contributed by atoms with van der Waals surface area (Å²) in [7, 11) is 0. The van der Waals surface area contributed by atoms with Crippen LogP contribution in [-0.4, -0.2) is 18.4 Å². The molecule has 0 aliphatic rings. The Hall–Kier alpha value is -3.12. The number of benzene rings is 2. The number of nitrogens with one attached hydrogen (secondary N) is 2. The fourth-order valence-electron chi connectivity index (χ4n) is 3.29. The molecule has 1 aromatic heterocycles. The van der Waals surface area contributed by atoms with Gasteiger partial charge < -0.3 is 15.4 Å². The molecule has 30 heavy (non-hydrogen) atoms. The van der Waals surface area contributed by atoms with Crippen LogP contribution in [-0.2, 0) is 9.59 Å². The molecule has 0 aliphatic heterocycles. The van der Waals surface area contributed by atoms with Crippen LogP contribution in [0.25, 0.3) is 0 Å². The van der Waals surface area contributed by atoms with Gasteiger partial charge in [0.1, 0.15) is 5.75 Å². The van der Waals surface area contributed by atoms with Gasteiger partial charge in [-0.1, -0.05) is 48.5 Å². The van der Waals surface area contributed by atoms with Crippen molar-refractivity contribution < 1.29 is 14.3 Å². The first kappa shape index (κ1) is 21.6. The minimum absolute atomic E-state index is 0.134. The summed E-state index contributed by atoms with van der Waals surface area (Å²) in [6, 6.07) is 20.8. The van der Waals surface area contributed by atoms with Crippen molar-refractivity contribution in [1.29, 1.82) is 0 Å². The number of hydrogen-bond donors (Lipinski definition) is 2. The maximum Gasteiger partial charge on any atom is 0.223 e. The molecule has 0 aliphatic carbocycles. The molecule has 156 valence electrons. The van der Waals surface area contributed by atoms with Crippen LogP contribution in [0.5, 0.6) is 5.75 Å². The lowest BCUT2D eigenvalue weighted by Crippen LogP contribution is -2.34. The molecule has 2 N–H and O–H groups in total. The summed E-state index contributed by atoms with van der Waals surface area (Å²) in [4.78, 5) is 25.6. The van der Waals surface area contributed by atoms with Crippen molar-refractivity contribution >= 4 is 23.2 Å². The van der Waals surface area contributed by atoms with E-state index >= 15 is 0 Å². The highest BCUT2D eigenvalue weighted by Gasteiger charge is 2.22. The zero-order valence-corrected chi connectivity index (χ0v) is 17.9. The lowest BCUT2D eigenvalue weighted by molar-refractivity contribution is -0.123. The summed E-state index contributed by atoms with van der Waals surface area (Å²) in [5.74, 6) is 0.500. The van der Waals surface area contributed by atoms with Crippen LogP contribution in [0.4, 0.5) is 0 Å². The molecule has 0 radical (unpaired) electrons. The molecule has 2 aromatic carbocycles. The van der Waals surface area contributed by atoms with E-state index in [1.165, 1.54) is 18.3 Å².